The Labute approximate surface area is 102 Å². The highest BCUT2D eigenvalue weighted by Gasteiger charge is 2.51. The number of thioether (sulfide) groups is 1. The summed E-state index contributed by atoms with van der Waals surface area (Å²) in [5, 5.41) is 12.6. The summed E-state index contributed by atoms with van der Waals surface area (Å²) in [5.74, 6) is 1.29. The molecule has 0 N–H and O–H groups in total. The lowest BCUT2D eigenvalue weighted by Crippen LogP contribution is -2.00. The number of hydrogen-bond acceptors (Lipinski definition) is 4. The Morgan fingerprint density at radius 3 is 2.80 bits per heavy atom. The first-order valence-corrected chi connectivity index (χ1v) is 6.69. The van der Waals surface area contributed by atoms with Gasteiger partial charge in [0.2, 0.25) is 5.16 Å². The number of rotatable bonds is 4. The number of hydrogen-bond donors (Lipinski definition) is 0. The first-order valence-electron chi connectivity index (χ1n) is 4.95. The summed E-state index contributed by atoms with van der Waals surface area (Å²) in [6.45, 7) is 0. The Balaban J connectivity index is 1.60. The second-order valence-corrected chi connectivity index (χ2v) is 6.64. The van der Waals surface area contributed by atoms with Crippen LogP contribution in [0.3, 0.4) is 0 Å². The Hall–Kier alpha value is -0.000000000000000167. The normalized spacial score (nSPS) is 28.0. The lowest BCUT2D eigenvalue weighted by atomic mass is 10.5. The summed E-state index contributed by atoms with van der Waals surface area (Å²) in [4.78, 5) is 0. The number of aromatic nitrogens is 4. The molecule has 1 heterocycles. The minimum Gasteiger partial charge on any atom is -0.217 e. The van der Waals surface area contributed by atoms with Crippen LogP contribution in [0.4, 0.5) is 0 Å². The quantitative estimate of drug-likeness (QED) is 0.619. The minimum atomic E-state index is -0.495. The van der Waals surface area contributed by atoms with Crippen molar-refractivity contribution in [2.45, 2.75) is 34.8 Å². The van der Waals surface area contributed by atoms with E-state index in [0.29, 0.717) is 12.0 Å². The van der Waals surface area contributed by atoms with Gasteiger partial charge >= 0.3 is 0 Å². The summed E-state index contributed by atoms with van der Waals surface area (Å²) in [6.07, 6.45) is 3.27. The molecule has 2 fully saturated rings. The Bertz CT molecular complexity index is 376. The number of halogens is 2. The molecule has 0 aliphatic heterocycles. The second kappa shape index (κ2) is 3.50. The average Bonchev–Trinajstić information content (AvgIpc) is 3.06. The Kier molecular flexibility index (Phi) is 2.37. The van der Waals surface area contributed by atoms with Gasteiger partial charge in [0.05, 0.1) is 6.04 Å². The molecule has 1 aromatic heterocycles. The predicted octanol–water partition coefficient (Wildman–Crippen LogP) is 2.29. The molecular weight excluding hydrogens is 255 g/mol. The third-order valence-electron chi connectivity index (χ3n) is 2.72. The molecule has 2 aliphatic rings. The minimum absolute atomic E-state index is 0.384. The van der Waals surface area contributed by atoms with Crippen LogP contribution in [0.25, 0.3) is 0 Å². The Morgan fingerprint density at radius 2 is 2.20 bits per heavy atom. The van der Waals surface area contributed by atoms with Gasteiger partial charge in [0.15, 0.2) is 0 Å². The molecule has 0 aromatic carbocycles. The molecule has 1 aromatic rings. The smallest absolute Gasteiger partial charge is 0.209 e. The van der Waals surface area contributed by atoms with E-state index in [1.165, 1.54) is 12.8 Å². The summed E-state index contributed by atoms with van der Waals surface area (Å²) in [7, 11) is 0. The highest BCUT2D eigenvalue weighted by molar-refractivity contribution is 7.99. The standard InChI is InChI=1S/C8H10Cl2N4S/c9-8(10)3-5(8)4-15-7-11-12-13-14(7)6-1-2-6/h5-6H,1-4H2. The van der Waals surface area contributed by atoms with E-state index in [1.807, 2.05) is 4.68 Å². The monoisotopic (exact) mass is 264 g/mol. The van der Waals surface area contributed by atoms with Crippen LogP contribution in [0.15, 0.2) is 5.16 Å². The van der Waals surface area contributed by atoms with Crippen molar-refractivity contribution in [3.63, 3.8) is 0 Å². The van der Waals surface area contributed by atoms with Crippen molar-refractivity contribution in [3.8, 4) is 0 Å². The van der Waals surface area contributed by atoms with E-state index in [4.69, 9.17) is 23.2 Å². The molecule has 7 heteroatoms. The summed E-state index contributed by atoms with van der Waals surface area (Å²) in [6, 6.07) is 0.526. The van der Waals surface area contributed by atoms with Crippen molar-refractivity contribution in [1.29, 1.82) is 0 Å². The maximum absolute atomic E-state index is 5.96. The first-order chi connectivity index (χ1) is 7.17. The predicted molar refractivity (Wildman–Crippen MR) is 59.4 cm³/mol. The third kappa shape index (κ3) is 2.10. The lowest BCUT2D eigenvalue weighted by molar-refractivity contribution is 0.565. The van der Waals surface area contributed by atoms with E-state index in [-0.39, 0.29) is 0 Å². The maximum Gasteiger partial charge on any atom is 0.209 e. The van der Waals surface area contributed by atoms with Crippen LogP contribution in [0.1, 0.15) is 25.3 Å². The molecule has 1 unspecified atom stereocenters. The fourth-order valence-corrected chi connectivity index (χ4v) is 3.33. The molecule has 2 aliphatic carbocycles. The van der Waals surface area contributed by atoms with Crippen molar-refractivity contribution in [2.24, 2.45) is 5.92 Å². The maximum atomic E-state index is 5.96. The van der Waals surface area contributed by atoms with Gasteiger partial charge in [-0.1, -0.05) is 11.8 Å². The molecule has 1 atom stereocenters. The van der Waals surface area contributed by atoms with Crippen molar-refractivity contribution in [1.82, 2.24) is 20.2 Å². The fraction of sp³-hybridized carbons (Fsp3) is 0.875. The molecule has 2 saturated carbocycles. The van der Waals surface area contributed by atoms with Gasteiger partial charge in [-0.3, -0.25) is 0 Å². The Morgan fingerprint density at radius 1 is 1.47 bits per heavy atom. The molecule has 15 heavy (non-hydrogen) atoms. The molecule has 0 spiro atoms. The molecule has 0 saturated heterocycles. The van der Waals surface area contributed by atoms with Gasteiger partial charge in [0.1, 0.15) is 4.33 Å². The van der Waals surface area contributed by atoms with Gasteiger partial charge < -0.3 is 0 Å². The highest BCUT2D eigenvalue weighted by Crippen LogP contribution is 2.54. The van der Waals surface area contributed by atoms with Gasteiger partial charge in [-0.15, -0.1) is 28.3 Å². The second-order valence-electron chi connectivity index (χ2n) is 4.11. The van der Waals surface area contributed by atoms with E-state index in [1.54, 1.807) is 11.8 Å². The van der Waals surface area contributed by atoms with Crippen LogP contribution in [-0.4, -0.2) is 30.3 Å². The summed E-state index contributed by atoms with van der Waals surface area (Å²) < 4.78 is 1.42. The number of nitrogens with zero attached hydrogens (tertiary/aromatic N) is 4. The van der Waals surface area contributed by atoms with E-state index < -0.39 is 4.33 Å². The van der Waals surface area contributed by atoms with Gasteiger partial charge in [-0.05, 0) is 29.7 Å². The van der Waals surface area contributed by atoms with Crippen LogP contribution >= 0.6 is 35.0 Å². The summed E-state index contributed by atoms with van der Waals surface area (Å²) >= 11 is 13.6. The number of alkyl halides is 2. The topological polar surface area (TPSA) is 43.6 Å². The van der Waals surface area contributed by atoms with Crippen molar-refractivity contribution in [2.75, 3.05) is 5.75 Å². The van der Waals surface area contributed by atoms with Crippen LogP contribution < -0.4 is 0 Å². The largest absolute Gasteiger partial charge is 0.217 e. The third-order valence-corrected chi connectivity index (χ3v) is 4.75. The van der Waals surface area contributed by atoms with E-state index in [9.17, 15) is 0 Å². The van der Waals surface area contributed by atoms with E-state index >= 15 is 0 Å². The van der Waals surface area contributed by atoms with Gasteiger partial charge in [-0.2, -0.15) is 0 Å². The van der Waals surface area contributed by atoms with Crippen molar-refractivity contribution >= 4 is 35.0 Å². The van der Waals surface area contributed by atoms with Crippen LogP contribution in [0.2, 0.25) is 0 Å². The molecule has 0 bridgehead atoms. The molecule has 0 radical (unpaired) electrons. The van der Waals surface area contributed by atoms with Gasteiger partial charge in [0, 0.05) is 11.7 Å². The van der Waals surface area contributed by atoms with Gasteiger partial charge in [0.25, 0.3) is 0 Å². The van der Waals surface area contributed by atoms with Crippen molar-refractivity contribution in [3.05, 3.63) is 0 Å². The number of tetrazole rings is 1. The molecule has 3 rings (SSSR count). The zero-order chi connectivity index (χ0) is 10.5. The molecule has 0 amide bonds. The SMILES string of the molecule is ClC1(Cl)CC1CSc1nnnn1C1CC1. The first kappa shape index (κ1) is 10.2. The van der Waals surface area contributed by atoms with Crippen molar-refractivity contribution < 1.29 is 0 Å². The molecular formula is C8H10Cl2N4S. The average molecular weight is 265 g/mol. The molecule has 82 valence electrons. The van der Waals surface area contributed by atoms with Crippen LogP contribution in [0, 0.1) is 5.92 Å². The summed E-state index contributed by atoms with van der Waals surface area (Å²) in [5.41, 5.74) is 0. The van der Waals surface area contributed by atoms with E-state index in [2.05, 4.69) is 15.5 Å². The van der Waals surface area contributed by atoms with Crippen LogP contribution in [0.5, 0.6) is 0 Å². The van der Waals surface area contributed by atoms with Gasteiger partial charge in [-0.25, -0.2) is 4.68 Å². The highest BCUT2D eigenvalue weighted by atomic mass is 35.5. The van der Waals surface area contributed by atoms with E-state index in [0.717, 1.165) is 17.3 Å². The lowest BCUT2D eigenvalue weighted by Gasteiger charge is -2.01. The van der Waals surface area contributed by atoms with Crippen LogP contribution in [-0.2, 0) is 0 Å². The molecule has 4 nitrogen and oxygen atoms in total. The zero-order valence-corrected chi connectivity index (χ0v) is 10.3. The fourth-order valence-electron chi connectivity index (χ4n) is 1.45. The zero-order valence-electron chi connectivity index (χ0n) is 7.94.